The van der Waals surface area contributed by atoms with Gasteiger partial charge in [0.15, 0.2) is 38.0 Å². The summed E-state index contributed by atoms with van der Waals surface area (Å²) in [4.78, 5) is -2.03. The quantitative estimate of drug-likeness (QED) is 0.396. The zero-order chi connectivity index (χ0) is 21.7. The molecule has 29 heavy (non-hydrogen) atoms. The monoisotopic (exact) mass is 459 g/mol. The lowest BCUT2D eigenvalue weighted by Crippen LogP contribution is -2.38. The molecule has 7 nitrogen and oxygen atoms in total. The number of hydrogen-bond acceptors (Lipinski definition) is 5. The molecule has 1 fully saturated rings. The van der Waals surface area contributed by atoms with Crippen LogP contribution < -0.4 is 0 Å². The highest BCUT2D eigenvalue weighted by Gasteiger charge is 2.43. The summed E-state index contributed by atoms with van der Waals surface area (Å²) in [7, 11) is -7.61. The molecule has 3 rings (SSSR count). The van der Waals surface area contributed by atoms with E-state index in [0.29, 0.717) is 4.31 Å². The minimum Gasteiger partial charge on any atom is -0.275 e. The minimum absolute atomic E-state index is 0.0884. The molecule has 0 spiro atoms. The molecule has 160 valence electrons. The number of sulfone groups is 1. The Morgan fingerprint density at radius 1 is 1.03 bits per heavy atom. The topological polar surface area (TPSA) is 89.3 Å². The van der Waals surface area contributed by atoms with E-state index in [1.165, 1.54) is 17.9 Å². The van der Waals surface area contributed by atoms with Crippen LogP contribution in [-0.2, 0) is 26.9 Å². The molecule has 0 N–H and O–H groups in total. The van der Waals surface area contributed by atoms with E-state index in [0.717, 1.165) is 6.20 Å². The van der Waals surface area contributed by atoms with Gasteiger partial charge in [-0.15, -0.1) is 0 Å². The molecule has 2 aromatic rings. The Morgan fingerprint density at radius 2 is 1.59 bits per heavy atom. The van der Waals surface area contributed by atoms with Gasteiger partial charge in [-0.2, -0.15) is 9.40 Å². The van der Waals surface area contributed by atoms with E-state index in [1.54, 1.807) is 0 Å². The van der Waals surface area contributed by atoms with Crippen molar-refractivity contribution in [1.82, 2.24) is 14.1 Å². The summed E-state index contributed by atoms with van der Waals surface area (Å²) >= 11 is 0. The Balaban J connectivity index is 2.23. The molecule has 2 heterocycles. The average molecular weight is 459 g/mol. The zero-order valence-electron chi connectivity index (χ0n) is 14.7. The SMILES string of the molecule is Cn1cc(C2CS(=O)(=O)CCCN2S(=O)(=O)c2c(F)c(F)c(F)c(F)c2F)cn1. The molecular formula is C15H14F5N3O4S2. The maximum atomic E-state index is 14.2. The number of benzene rings is 1. The molecule has 1 aliphatic rings. The van der Waals surface area contributed by atoms with Crippen LogP contribution in [0.4, 0.5) is 22.0 Å². The molecule has 0 aliphatic carbocycles. The molecule has 1 atom stereocenters. The van der Waals surface area contributed by atoms with Crippen LogP contribution in [-0.4, -0.2) is 49.0 Å². The van der Waals surface area contributed by atoms with E-state index in [9.17, 15) is 38.8 Å². The lowest BCUT2D eigenvalue weighted by molar-refractivity contribution is 0.330. The molecule has 1 unspecified atom stereocenters. The van der Waals surface area contributed by atoms with Gasteiger partial charge in [0, 0.05) is 25.4 Å². The molecule has 0 bridgehead atoms. The fourth-order valence-electron chi connectivity index (χ4n) is 3.09. The minimum atomic E-state index is -5.31. The summed E-state index contributed by atoms with van der Waals surface area (Å²) in [6, 6.07) is -1.46. The van der Waals surface area contributed by atoms with Crippen LogP contribution in [0.3, 0.4) is 0 Å². The lowest BCUT2D eigenvalue weighted by Gasteiger charge is -2.28. The molecular weight excluding hydrogens is 445 g/mol. The third kappa shape index (κ3) is 3.75. The van der Waals surface area contributed by atoms with Crippen molar-refractivity contribution in [1.29, 1.82) is 0 Å². The molecule has 1 aliphatic heterocycles. The molecule has 0 saturated carbocycles. The molecule has 1 aromatic carbocycles. The van der Waals surface area contributed by atoms with Crippen LogP contribution in [0.1, 0.15) is 18.0 Å². The number of halogens is 5. The van der Waals surface area contributed by atoms with Crippen molar-refractivity contribution < 1.29 is 38.8 Å². The van der Waals surface area contributed by atoms with Gasteiger partial charge in [0.05, 0.1) is 23.7 Å². The van der Waals surface area contributed by atoms with E-state index < -0.39 is 77.9 Å². The van der Waals surface area contributed by atoms with Crippen LogP contribution in [0.2, 0.25) is 0 Å². The molecule has 0 amide bonds. The van der Waals surface area contributed by atoms with Gasteiger partial charge in [-0.25, -0.2) is 38.8 Å². The van der Waals surface area contributed by atoms with E-state index in [2.05, 4.69) is 5.10 Å². The van der Waals surface area contributed by atoms with Crippen LogP contribution in [0.25, 0.3) is 0 Å². The largest absolute Gasteiger partial charge is 0.275 e. The highest BCUT2D eigenvalue weighted by Crippen LogP contribution is 2.35. The highest BCUT2D eigenvalue weighted by atomic mass is 32.2. The first-order valence-electron chi connectivity index (χ1n) is 8.09. The fourth-order valence-corrected chi connectivity index (χ4v) is 6.54. The first-order chi connectivity index (χ1) is 13.4. The summed E-state index contributed by atoms with van der Waals surface area (Å²) in [6.45, 7) is -0.513. The Bertz CT molecular complexity index is 1150. The van der Waals surface area contributed by atoms with E-state index in [4.69, 9.17) is 0 Å². The van der Waals surface area contributed by atoms with Crippen molar-refractivity contribution in [2.45, 2.75) is 17.4 Å². The number of rotatable bonds is 3. The third-order valence-corrected chi connectivity index (χ3v) is 8.10. The lowest BCUT2D eigenvalue weighted by atomic mass is 10.2. The predicted octanol–water partition coefficient (Wildman–Crippen LogP) is 1.67. The van der Waals surface area contributed by atoms with Crippen LogP contribution in [0, 0.1) is 29.1 Å². The number of aromatic nitrogens is 2. The number of hydrogen-bond donors (Lipinski definition) is 0. The Hall–Kier alpha value is -2.06. The van der Waals surface area contributed by atoms with Crippen molar-refractivity contribution in [2.75, 3.05) is 18.1 Å². The van der Waals surface area contributed by atoms with Crippen molar-refractivity contribution in [3.05, 3.63) is 47.0 Å². The third-order valence-electron chi connectivity index (χ3n) is 4.44. The number of aryl methyl sites for hydroxylation is 1. The standard InChI is InChI=1S/C15H14F5N3O4S2/c1-22-6-8(5-21-22)9-7-28(24,25)4-2-3-23(9)29(26,27)15-13(19)11(17)10(16)12(18)14(15)20/h5-6,9H,2-4,7H2,1H3. The Kier molecular flexibility index (Phi) is 5.47. The van der Waals surface area contributed by atoms with Crippen molar-refractivity contribution >= 4 is 19.9 Å². The van der Waals surface area contributed by atoms with Crippen LogP contribution in [0.5, 0.6) is 0 Å². The van der Waals surface area contributed by atoms with E-state index in [1.807, 2.05) is 0 Å². The molecule has 1 saturated heterocycles. The van der Waals surface area contributed by atoms with Crippen LogP contribution >= 0.6 is 0 Å². The maximum Gasteiger partial charge on any atom is 0.249 e. The molecule has 1 aromatic heterocycles. The van der Waals surface area contributed by atoms with Gasteiger partial charge in [0.25, 0.3) is 0 Å². The summed E-state index contributed by atoms with van der Waals surface area (Å²) < 4.78 is 121. The van der Waals surface area contributed by atoms with Gasteiger partial charge in [-0.05, 0) is 6.42 Å². The predicted molar refractivity (Wildman–Crippen MR) is 89.3 cm³/mol. The second kappa shape index (κ2) is 7.32. The first-order valence-corrected chi connectivity index (χ1v) is 11.3. The van der Waals surface area contributed by atoms with Gasteiger partial charge in [0.2, 0.25) is 15.8 Å². The van der Waals surface area contributed by atoms with Crippen molar-refractivity contribution in [3.63, 3.8) is 0 Å². The summed E-state index contributed by atoms with van der Waals surface area (Å²) in [5.41, 5.74) is 0.0884. The van der Waals surface area contributed by atoms with Gasteiger partial charge in [0.1, 0.15) is 0 Å². The second-order valence-corrected chi connectivity index (χ2v) is 10.5. The van der Waals surface area contributed by atoms with Gasteiger partial charge < -0.3 is 0 Å². The van der Waals surface area contributed by atoms with Gasteiger partial charge in [-0.1, -0.05) is 0 Å². The van der Waals surface area contributed by atoms with E-state index in [-0.39, 0.29) is 12.0 Å². The first kappa shape index (κ1) is 21.6. The van der Waals surface area contributed by atoms with Crippen LogP contribution in [0.15, 0.2) is 17.3 Å². The van der Waals surface area contributed by atoms with E-state index >= 15 is 0 Å². The fraction of sp³-hybridized carbons (Fsp3) is 0.400. The highest BCUT2D eigenvalue weighted by molar-refractivity contribution is 7.91. The maximum absolute atomic E-state index is 14.2. The summed E-state index contributed by atoms with van der Waals surface area (Å²) in [6.07, 6.45) is 2.23. The van der Waals surface area contributed by atoms with Gasteiger partial charge >= 0.3 is 0 Å². The number of nitrogens with zero attached hydrogens (tertiary/aromatic N) is 3. The number of sulfonamides is 1. The smallest absolute Gasteiger partial charge is 0.249 e. The average Bonchev–Trinajstić information content (AvgIpc) is 2.98. The molecule has 14 heteroatoms. The van der Waals surface area contributed by atoms with Gasteiger partial charge in [-0.3, -0.25) is 4.68 Å². The van der Waals surface area contributed by atoms with Crippen molar-refractivity contribution in [2.24, 2.45) is 7.05 Å². The summed E-state index contributed by atoms with van der Waals surface area (Å²) in [5, 5.41) is 3.82. The Labute approximate surface area is 162 Å². The molecule has 0 radical (unpaired) electrons. The second-order valence-electron chi connectivity index (χ2n) is 6.45. The Morgan fingerprint density at radius 3 is 2.10 bits per heavy atom. The zero-order valence-corrected chi connectivity index (χ0v) is 16.4. The van der Waals surface area contributed by atoms with Crippen molar-refractivity contribution in [3.8, 4) is 0 Å². The summed E-state index contributed by atoms with van der Waals surface area (Å²) in [5.74, 6) is -13.5. The normalized spacial score (nSPS) is 20.6.